The molecule has 0 heterocycles. The first kappa shape index (κ1) is 23.5. The predicted octanol–water partition coefficient (Wildman–Crippen LogP) is 3.11. The van der Waals surface area contributed by atoms with Gasteiger partial charge in [0.15, 0.2) is 0 Å². The number of amides is 2. The van der Waals surface area contributed by atoms with Crippen LogP contribution in [0.1, 0.15) is 15.9 Å². The van der Waals surface area contributed by atoms with Crippen LogP contribution in [0, 0.1) is 6.92 Å². The Balaban J connectivity index is 2.01. The van der Waals surface area contributed by atoms with Crippen molar-refractivity contribution in [2.24, 2.45) is 0 Å². The average Bonchev–Trinajstić information content (AvgIpc) is 2.66. The molecule has 2 rings (SSSR count). The molecular formula is C18H19Cl2N3O4S2. The first-order valence-electron chi connectivity index (χ1n) is 8.22. The second-order valence-electron chi connectivity index (χ2n) is 6.13. The Bertz CT molecular complexity index is 1040. The molecule has 2 N–H and O–H groups in total. The zero-order chi connectivity index (χ0) is 21.8. The molecule has 0 unspecified atom stereocenters. The minimum atomic E-state index is -3.69. The number of benzene rings is 2. The molecule has 0 aromatic heterocycles. The quantitative estimate of drug-likeness (QED) is 0.494. The number of nitrogens with zero attached hydrogens (tertiary/aromatic N) is 1. The van der Waals surface area contributed by atoms with Crippen molar-refractivity contribution in [1.29, 1.82) is 0 Å². The molecule has 0 spiro atoms. The van der Waals surface area contributed by atoms with Crippen LogP contribution in [0.15, 0.2) is 46.2 Å². The van der Waals surface area contributed by atoms with E-state index in [1.165, 1.54) is 32.3 Å². The van der Waals surface area contributed by atoms with Gasteiger partial charge >= 0.3 is 0 Å². The van der Waals surface area contributed by atoms with Crippen molar-refractivity contribution in [1.82, 2.24) is 15.2 Å². The number of sulfonamides is 1. The highest BCUT2D eigenvalue weighted by Crippen LogP contribution is 2.29. The van der Waals surface area contributed by atoms with E-state index in [9.17, 15) is 18.0 Å². The lowest BCUT2D eigenvalue weighted by Gasteiger charge is -2.14. The zero-order valence-electron chi connectivity index (χ0n) is 15.8. The van der Waals surface area contributed by atoms with Gasteiger partial charge in [-0.05, 0) is 42.8 Å². The first-order valence-corrected chi connectivity index (χ1v) is 11.4. The highest BCUT2D eigenvalue weighted by atomic mass is 35.5. The number of nitrogens with one attached hydrogen (secondary N) is 2. The number of carbonyl (C=O) groups is 2. The summed E-state index contributed by atoms with van der Waals surface area (Å²) in [4.78, 5) is 25.1. The van der Waals surface area contributed by atoms with Gasteiger partial charge in [0, 0.05) is 29.6 Å². The summed E-state index contributed by atoms with van der Waals surface area (Å²) < 4.78 is 25.6. The van der Waals surface area contributed by atoms with Crippen LogP contribution in [-0.4, -0.2) is 44.4 Å². The van der Waals surface area contributed by atoms with Gasteiger partial charge in [-0.3, -0.25) is 20.4 Å². The fraction of sp³-hybridized carbons (Fsp3) is 0.222. The number of hydrogen-bond donors (Lipinski definition) is 2. The molecule has 2 aromatic rings. The van der Waals surface area contributed by atoms with Crippen LogP contribution in [0.5, 0.6) is 0 Å². The fourth-order valence-electron chi connectivity index (χ4n) is 2.18. The molecule has 0 aliphatic heterocycles. The summed E-state index contributed by atoms with van der Waals surface area (Å²) >= 11 is 13.1. The maximum atomic E-state index is 12.4. The van der Waals surface area contributed by atoms with Crippen LogP contribution in [0.25, 0.3) is 0 Å². The number of carbonyl (C=O) groups excluding carboxylic acids is 2. The molecule has 156 valence electrons. The molecule has 0 atom stereocenters. The Morgan fingerprint density at radius 2 is 1.76 bits per heavy atom. The van der Waals surface area contributed by atoms with Gasteiger partial charge in [0.25, 0.3) is 5.91 Å². The van der Waals surface area contributed by atoms with Crippen molar-refractivity contribution in [3.8, 4) is 0 Å². The molecule has 0 aliphatic carbocycles. The normalized spacial score (nSPS) is 11.4. The van der Waals surface area contributed by atoms with E-state index in [4.69, 9.17) is 23.2 Å². The van der Waals surface area contributed by atoms with Crippen molar-refractivity contribution >= 4 is 56.8 Å². The third-order valence-corrected chi connectivity index (χ3v) is 7.34. The van der Waals surface area contributed by atoms with Gasteiger partial charge in [-0.2, -0.15) is 0 Å². The second-order valence-corrected chi connectivity index (χ2v) is 10.1. The van der Waals surface area contributed by atoms with Crippen LogP contribution >= 0.6 is 35.0 Å². The summed E-state index contributed by atoms with van der Waals surface area (Å²) in [6.07, 6.45) is 0. The Morgan fingerprint density at radius 1 is 1.07 bits per heavy atom. The van der Waals surface area contributed by atoms with Crippen molar-refractivity contribution in [2.45, 2.75) is 16.7 Å². The molecule has 7 nitrogen and oxygen atoms in total. The minimum absolute atomic E-state index is 0.00558. The summed E-state index contributed by atoms with van der Waals surface area (Å²) in [7, 11) is -0.885. The van der Waals surface area contributed by atoms with Crippen molar-refractivity contribution in [3.05, 3.63) is 57.6 Å². The lowest BCUT2D eigenvalue weighted by Crippen LogP contribution is -2.42. The van der Waals surface area contributed by atoms with Crippen LogP contribution in [0.4, 0.5) is 0 Å². The van der Waals surface area contributed by atoms with E-state index >= 15 is 0 Å². The van der Waals surface area contributed by atoms with Gasteiger partial charge in [-0.15, -0.1) is 11.8 Å². The summed E-state index contributed by atoms with van der Waals surface area (Å²) in [5.41, 5.74) is 5.29. The Hall–Kier alpha value is -1.78. The average molecular weight is 476 g/mol. The van der Waals surface area contributed by atoms with Gasteiger partial charge in [0.05, 0.1) is 15.7 Å². The maximum Gasteiger partial charge on any atom is 0.269 e. The number of hydrazine groups is 1. The van der Waals surface area contributed by atoms with E-state index in [0.717, 1.165) is 16.1 Å². The SMILES string of the molecule is Cc1ccc(S(=O)(=O)N(C)C)cc1C(=O)NNC(=O)CSc1cc(Cl)ccc1Cl. The van der Waals surface area contributed by atoms with Gasteiger partial charge in [-0.25, -0.2) is 12.7 Å². The fourth-order valence-corrected chi connectivity index (χ4v) is 4.40. The summed E-state index contributed by atoms with van der Waals surface area (Å²) in [5, 5.41) is 0.958. The first-order chi connectivity index (χ1) is 13.5. The summed E-state index contributed by atoms with van der Waals surface area (Å²) in [6, 6.07) is 9.13. The van der Waals surface area contributed by atoms with Crippen LogP contribution in [0.2, 0.25) is 10.0 Å². The second kappa shape index (κ2) is 9.82. The Morgan fingerprint density at radius 3 is 2.41 bits per heavy atom. The highest BCUT2D eigenvalue weighted by Gasteiger charge is 2.20. The minimum Gasteiger partial charge on any atom is -0.272 e. The smallest absolute Gasteiger partial charge is 0.269 e. The van der Waals surface area contributed by atoms with E-state index in [1.807, 2.05) is 0 Å². The highest BCUT2D eigenvalue weighted by molar-refractivity contribution is 8.00. The third-order valence-electron chi connectivity index (χ3n) is 3.80. The van der Waals surface area contributed by atoms with Crippen molar-refractivity contribution in [2.75, 3.05) is 19.8 Å². The molecule has 0 radical (unpaired) electrons. The Kier molecular flexibility index (Phi) is 7.95. The molecular weight excluding hydrogens is 457 g/mol. The third kappa shape index (κ3) is 6.10. The predicted molar refractivity (Wildman–Crippen MR) is 115 cm³/mol. The number of rotatable bonds is 6. The number of aryl methyl sites for hydroxylation is 1. The zero-order valence-corrected chi connectivity index (χ0v) is 19.0. The molecule has 0 saturated heterocycles. The van der Waals surface area contributed by atoms with E-state index in [0.29, 0.717) is 20.5 Å². The van der Waals surface area contributed by atoms with E-state index in [1.54, 1.807) is 25.1 Å². The van der Waals surface area contributed by atoms with Gasteiger partial charge < -0.3 is 0 Å². The molecule has 0 saturated carbocycles. The van der Waals surface area contributed by atoms with E-state index in [-0.39, 0.29) is 16.2 Å². The lowest BCUT2D eigenvalue weighted by atomic mass is 10.1. The number of thioether (sulfide) groups is 1. The molecule has 0 bridgehead atoms. The van der Waals surface area contributed by atoms with Crippen molar-refractivity contribution in [3.63, 3.8) is 0 Å². The Labute approximate surface area is 183 Å². The van der Waals surface area contributed by atoms with Crippen molar-refractivity contribution < 1.29 is 18.0 Å². The van der Waals surface area contributed by atoms with Crippen LogP contribution < -0.4 is 10.9 Å². The molecule has 11 heteroatoms. The molecule has 2 aromatic carbocycles. The molecule has 2 amide bonds. The number of hydrogen-bond acceptors (Lipinski definition) is 5. The van der Waals surface area contributed by atoms with Crippen LogP contribution in [-0.2, 0) is 14.8 Å². The van der Waals surface area contributed by atoms with Gasteiger partial charge in [0.2, 0.25) is 15.9 Å². The maximum absolute atomic E-state index is 12.4. The standard InChI is InChI=1S/C18H19Cl2N3O4S2/c1-11-4-6-13(29(26,27)23(2)3)9-14(11)18(25)22-21-17(24)10-28-16-8-12(19)5-7-15(16)20/h4-9H,10H2,1-3H3,(H,21,24)(H,22,25). The topological polar surface area (TPSA) is 95.6 Å². The van der Waals surface area contributed by atoms with Crippen LogP contribution in [0.3, 0.4) is 0 Å². The van der Waals surface area contributed by atoms with Gasteiger partial charge in [0.1, 0.15) is 0 Å². The monoisotopic (exact) mass is 475 g/mol. The summed E-state index contributed by atoms with van der Waals surface area (Å²) in [6.45, 7) is 1.67. The lowest BCUT2D eigenvalue weighted by molar-refractivity contribution is -0.119. The molecule has 0 aliphatic rings. The van der Waals surface area contributed by atoms with E-state index < -0.39 is 21.8 Å². The van der Waals surface area contributed by atoms with Gasteiger partial charge in [-0.1, -0.05) is 29.3 Å². The summed E-state index contributed by atoms with van der Waals surface area (Å²) in [5.74, 6) is -1.10. The number of halogens is 2. The molecule has 0 fully saturated rings. The van der Waals surface area contributed by atoms with E-state index in [2.05, 4.69) is 10.9 Å². The molecule has 29 heavy (non-hydrogen) atoms. The largest absolute Gasteiger partial charge is 0.272 e.